The second-order valence-corrected chi connectivity index (χ2v) is 3.54. The first-order valence-electron chi connectivity index (χ1n) is 4.01. The highest BCUT2D eigenvalue weighted by molar-refractivity contribution is 9.10. The highest BCUT2D eigenvalue weighted by atomic mass is 79.9. The van der Waals surface area contributed by atoms with E-state index < -0.39 is 0 Å². The molecule has 1 heterocycles. The summed E-state index contributed by atoms with van der Waals surface area (Å²) < 4.78 is 6.19. The summed E-state index contributed by atoms with van der Waals surface area (Å²) in [6, 6.07) is 0. The quantitative estimate of drug-likeness (QED) is 0.747. The molecule has 0 unspecified atom stereocenters. The molecule has 0 N–H and O–H groups in total. The minimum atomic E-state index is 0.642. The van der Waals surface area contributed by atoms with Gasteiger partial charge in [-0.05, 0) is 34.7 Å². The van der Waals surface area contributed by atoms with Crippen LogP contribution in [-0.2, 0) is 0 Å². The highest BCUT2D eigenvalue weighted by Gasteiger charge is 2.11. The van der Waals surface area contributed by atoms with Gasteiger partial charge in [-0.25, -0.2) is 0 Å². The van der Waals surface area contributed by atoms with Gasteiger partial charge in [0.15, 0.2) is 0 Å². The third-order valence-corrected chi connectivity index (χ3v) is 2.71. The van der Waals surface area contributed by atoms with E-state index in [1.165, 1.54) is 18.4 Å². The van der Waals surface area contributed by atoms with Crippen molar-refractivity contribution in [2.75, 3.05) is 0 Å². The molecule has 62 valence electrons. The van der Waals surface area contributed by atoms with E-state index in [2.05, 4.69) is 29.8 Å². The van der Waals surface area contributed by atoms with E-state index in [0.29, 0.717) is 5.92 Å². The van der Waals surface area contributed by atoms with Crippen molar-refractivity contribution in [3.8, 4) is 0 Å². The smallest absolute Gasteiger partial charge is 0.105 e. The Balaban J connectivity index is 2.81. The average Bonchev–Trinajstić information content (AvgIpc) is 2.40. The van der Waals surface area contributed by atoms with E-state index in [1.807, 2.05) is 6.26 Å². The average molecular weight is 217 g/mol. The summed E-state index contributed by atoms with van der Waals surface area (Å²) in [7, 11) is 0. The lowest BCUT2D eigenvalue weighted by atomic mass is 9.97. The summed E-state index contributed by atoms with van der Waals surface area (Å²) in [5, 5.41) is 0. The predicted molar refractivity (Wildman–Crippen MR) is 49.7 cm³/mol. The zero-order valence-corrected chi connectivity index (χ0v) is 8.52. The lowest BCUT2D eigenvalue weighted by molar-refractivity contribution is 0.552. The second kappa shape index (κ2) is 3.96. The SMILES string of the molecule is CCC(CC)c1cocc1Br. The summed E-state index contributed by atoms with van der Waals surface area (Å²) in [4.78, 5) is 0. The lowest BCUT2D eigenvalue weighted by Crippen LogP contribution is -1.93. The van der Waals surface area contributed by atoms with Crippen LogP contribution >= 0.6 is 15.9 Å². The molecule has 0 saturated heterocycles. The monoisotopic (exact) mass is 216 g/mol. The molecular formula is C9H13BrO. The van der Waals surface area contributed by atoms with Crippen molar-refractivity contribution in [1.82, 2.24) is 0 Å². The number of rotatable bonds is 3. The Labute approximate surface area is 75.9 Å². The molecule has 0 amide bonds. The molecule has 0 aliphatic carbocycles. The largest absolute Gasteiger partial charge is 0.471 e. The molecule has 0 bridgehead atoms. The standard InChI is InChI=1S/C9H13BrO/c1-3-7(4-2)8-5-11-6-9(8)10/h5-7H,3-4H2,1-2H3. The van der Waals surface area contributed by atoms with Gasteiger partial charge in [-0.1, -0.05) is 13.8 Å². The maximum absolute atomic E-state index is 5.08. The van der Waals surface area contributed by atoms with Crippen LogP contribution in [0.1, 0.15) is 38.2 Å². The maximum atomic E-state index is 5.08. The molecule has 1 aromatic heterocycles. The lowest BCUT2D eigenvalue weighted by Gasteiger charge is -2.09. The van der Waals surface area contributed by atoms with Crippen LogP contribution in [-0.4, -0.2) is 0 Å². The van der Waals surface area contributed by atoms with Gasteiger partial charge in [0.25, 0.3) is 0 Å². The molecule has 0 aromatic carbocycles. The predicted octanol–water partition coefficient (Wildman–Crippen LogP) is 3.95. The fraction of sp³-hybridized carbons (Fsp3) is 0.556. The van der Waals surface area contributed by atoms with Crippen LogP contribution in [0.2, 0.25) is 0 Å². The van der Waals surface area contributed by atoms with Crippen LogP contribution in [0, 0.1) is 0 Å². The van der Waals surface area contributed by atoms with Crippen molar-refractivity contribution in [2.45, 2.75) is 32.6 Å². The van der Waals surface area contributed by atoms with Gasteiger partial charge in [0.2, 0.25) is 0 Å². The second-order valence-electron chi connectivity index (χ2n) is 2.69. The molecule has 11 heavy (non-hydrogen) atoms. The normalized spacial score (nSPS) is 10.9. The highest BCUT2D eigenvalue weighted by Crippen LogP contribution is 2.30. The van der Waals surface area contributed by atoms with E-state index >= 15 is 0 Å². The van der Waals surface area contributed by atoms with Crippen LogP contribution in [0.5, 0.6) is 0 Å². The Bertz CT molecular complexity index is 213. The molecule has 1 aromatic rings. The number of halogens is 1. The van der Waals surface area contributed by atoms with E-state index in [4.69, 9.17) is 4.42 Å². The first kappa shape index (κ1) is 8.85. The fourth-order valence-corrected chi connectivity index (χ4v) is 1.84. The van der Waals surface area contributed by atoms with E-state index in [1.54, 1.807) is 6.26 Å². The van der Waals surface area contributed by atoms with Crippen molar-refractivity contribution in [3.05, 3.63) is 22.6 Å². The Morgan fingerprint density at radius 3 is 2.36 bits per heavy atom. The molecule has 1 nitrogen and oxygen atoms in total. The first-order chi connectivity index (χ1) is 5.29. The molecule has 1 rings (SSSR count). The minimum Gasteiger partial charge on any atom is -0.471 e. The van der Waals surface area contributed by atoms with Gasteiger partial charge < -0.3 is 4.42 Å². The summed E-state index contributed by atoms with van der Waals surface area (Å²) in [6.45, 7) is 4.40. The molecule has 0 spiro atoms. The first-order valence-corrected chi connectivity index (χ1v) is 4.80. The molecule has 0 radical (unpaired) electrons. The Kier molecular flexibility index (Phi) is 3.18. The third-order valence-electron chi connectivity index (χ3n) is 2.07. The molecule has 0 aliphatic heterocycles. The van der Waals surface area contributed by atoms with Crippen molar-refractivity contribution in [1.29, 1.82) is 0 Å². The molecular weight excluding hydrogens is 204 g/mol. The Hall–Kier alpha value is -0.240. The van der Waals surface area contributed by atoms with Crippen LogP contribution < -0.4 is 0 Å². The van der Waals surface area contributed by atoms with E-state index in [9.17, 15) is 0 Å². The van der Waals surface area contributed by atoms with Gasteiger partial charge in [0, 0.05) is 5.56 Å². The Morgan fingerprint density at radius 2 is 2.00 bits per heavy atom. The third kappa shape index (κ3) is 1.86. The number of hydrogen-bond donors (Lipinski definition) is 0. The van der Waals surface area contributed by atoms with Crippen LogP contribution in [0.15, 0.2) is 21.4 Å². The van der Waals surface area contributed by atoms with Gasteiger partial charge >= 0.3 is 0 Å². The van der Waals surface area contributed by atoms with Crippen molar-refractivity contribution < 1.29 is 4.42 Å². The summed E-state index contributed by atoms with van der Waals surface area (Å²) in [6.07, 6.45) is 5.93. The van der Waals surface area contributed by atoms with Gasteiger partial charge in [0.05, 0.1) is 10.7 Å². The molecule has 0 atom stereocenters. The minimum absolute atomic E-state index is 0.642. The van der Waals surface area contributed by atoms with Gasteiger partial charge in [-0.15, -0.1) is 0 Å². The topological polar surface area (TPSA) is 13.1 Å². The van der Waals surface area contributed by atoms with Gasteiger partial charge in [-0.3, -0.25) is 0 Å². The summed E-state index contributed by atoms with van der Waals surface area (Å²) >= 11 is 3.45. The van der Waals surface area contributed by atoms with Crippen molar-refractivity contribution in [2.24, 2.45) is 0 Å². The maximum Gasteiger partial charge on any atom is 0.105 e. The molecule has 0 fully saturated rings. The zero-order chi connectivity index (χ0) is 8.27. The summed E-state index contributed by atoms with van der Waals surface area (Å²) in [5.41, 5.74) is 1.30. The van der Waals surface area contributed by atoms with Crippen LogP contribution in [0.4, 0.5) is 0 Å². The number of hydrogen-bond acceptors (Lipinski definition) is 1. The Morgan fingerprint density at radius 1 is 1.36 bits per heavy atom. The molecule has 2 heteroatoms. The fourth-order valence-electron chi connectivity index (χ4n) is 1.31. The van der Waals surface area contributed by atoms with Crippen molar-refractivity contribution in [3.63, 3.8) is 0 Å². The zero-order valence-electron chi connectivity index (χ0n) is 6.93. The molecule has 0 saturated carbocycles. The van der Waals surface area contributed by atoms with E-state index in [0.717, 1.165) is 4.47 Å². The molecule has 0 aliphatic rings. The van der Waals surface area contributed by atoms with Gasteiger partial charge in [0.1, 0.15) is 6.26 Å². The van der Waals surface area contributed by atoms with Crippen LogP contribution in [0.25, 0.3) is 0 Å². The summed E-state index contributed by atoms with van der Waals surface area (Å²) in [5.74, 6) is 0.642. The van der Waals surface area contributed by atoms with E-state index in [-0.39, 0.29) is 0 Å². The van der Waals surface area contributed by atoms with Crippen LogP contribution in [0.3, 0.4) is 0 Å². The van der Waals surface area contributed by atoms with Crippen molar-refractivity contribution >= 4 is 15.9 Å². The van der Waals surface area contributed by atoms with Gasteiger partial charge in [-0.2, -0.15) is 0 Å². The number of furan rings is 1.